The summed E-state index contributed by atoms with van der Waals surface area (Å²) >= 11 is 5.45. The molecule has 1 rings (SSSR count). The average Bonchev–Trinajstić information content (AvgIpc) is 2.66. The van der Waals surface area contributed by atoms with Gasteiger partial charge in [0.05, 0.1) is 0 Å². The second-order valence-electron chi connectivity index (χ2n) is 2.15. The van der Waals surface area contributed by atoms with Gasteiger partial charge in [0, 0.05) is 13.0 Å². The molecule has 0 aromatic rings. The van der Waals surface area contributed by atoms with Gasteiger partial charge in [0.15, 0.2) is 11.0 Å². The first-order valence-electron chi connectivity index (χ1n) is 2.92. The third-order valence-corrected chi connectivity index (χ3v) is 1.70. The van der Waals surface area contributed by atoms with Gasteiger partial charge in [0.2, 0.25) is 0 Å². The van der Waals surface area contributed by atoms with Crippen LogP contribution in [-0.4, -0.2) is 18.0 Å². The van der Waals surface area contributed by atoms with Crippen molar-refractivity contribution >= 4 is 22.6 Å². The zero-order valence-corrected chi connectivity index (χ0v) is 5.98. The Kier molecular flexibility index (Phi) is 1.86. The molecule has 3 heteroatoms. The number of nitrogens with zero attached hydrogens (tertiary/aromatic N) is 1. The third kappa shape index (κ3) is 1.52. The van der Waals surface area contributed by atoms with Crippen molar-refractivity contribution in [1.82, 2.24) is 0 Å². The summed E-state index contributed by atoms with van der Waals surface area (Å²) in [6.45, 7) is 0. The van der Waals surface area contributed by atoms with Crippen molar-refractivity contribution in [3.8, 4) is 0 Å². The smallest absolute Gasteiger partial charge is 0.195 e. The van der Waals surface area contributed by atoms with Gasteiger partial charge in [0.25, 0.3) is 0 Å². The lowest BCUT2D eigenvalue weighted by Crippen LogP contribution is -2.08. The molecule has 1 fully saturated rings. The Morgan fingerprint density at radius 3 is 2.56 bits per heavy atom. The number of halogens is 1. The highest BCUT2D eigenvalue weighted by atomic mass is 35.5. The van der Waals surface area contributed by atoms with Crippen LogP contribution in [-0.2, 0) is 4.79 Å². The Morgan fingerprint density at radius 1 is 1.67 bits per heavy atom. The quantitative estimate of drug-likeness (QED) is 0.538. The number of Topliss-reactive ketones (excluding diaryl/α,β-unsaturated/α-hetero) is 1. The molecule has 9 heavy (non-hydrogen) atoms. The standard InChI is InChI=1S/C6H8ClNO/c1-8-6(7)5(9)4-2-3-4/h4H,2-3H2,1H3. The van der Waals surface area contributed by atoms with Crippen LogP contribution in [0.15, 0.2) is 4.99 Å². The number of rotatable bonds is 2. The van der Waals surface area contributed by atoms with Crippen LogP contribution in [0.1, 0.15) is 12.8 Å². The van der Waals surface area contributed by atoms with Crippen LogP contribution in [0.2, 0.25) is 0 Å². The van der Waals surface area contributed by atoms with Gasteiger partial charge in [-0.3, -0.25) is 9.79 Å². The highest BCUT2D eigenvalue weighted by molar-refractivity contribution is 6.83. The summed E-state index contributed by atoms with van der Waals surface area (Å²) < 4.78 is 0. The largest absolute Gasteiger partial charge is 0.291 e. The molecule has 0 saturated heterocycles. The Bertz CT molecular complexity index is 160. The number of carbonyl (C=O) groups excluding carboxylic acids is 1. The van der Waals surface area contributed by atoms with Gasteiger partial charge in [-0.25, -0.2) is 0 Å². The molecule has 0 heterocycles. The Balaban J connectivity index is 2.50. The van der Waals surface area contributed by atoms with E-state index in [0.29, 0.717) is 0 Å². The van der Waals surface area contributed by atoms with E-state index in [-0.39, 0.29) is 16.9 Å². The normalized spacial score (nSPS) is 20.0. The molecule has 1 saturated carbocycles. The van der Waals surface area contributed by atoms with Crippen molar-refractivity contribution < 1.29 is 4.79 Å². The van der Waals surface area contributed by atoms with Gasteiger partial charge < -0.3 is 0 Å². The molecular weight excluding hydrogens is 138 g/mol. The Labute approximate surface area is 58.9 Å². The lowest BCUT2D eigenvalue weighted by molar-refractivity contribution is -0.113. The zero-order chi connectivity index (χ0) is 6.85. The minimum atomic E-state index is 0.0131. The molecule has 0 aromatic carbocycles. The second kappa shape index (κ2) is 2.48. The number of hydrogen-bond donors (Lipinski definition) is 0. The van der Waals surface area contributed by atoms with E-state index in [1.165, 1.54) is 7.05 Å². The first-order valence-corrected chi connectivity index (χ1v) is 3.30. The van der Waals surface area contributed by atoms with Crippen molar-refractivity contribution in [2.45, 2.75) is 12.8 Å². The number of hydrogen-bond acceptors (Lipinski definition) is 2. The molecule has 0 radical (unpaired) electrons. The molecule has 0 aliphatic heterocycles. The van der Waals surface area contributed by atoms with Crippen LogP contribution in [0.25, 0.3) is 0 Å². The molecule has 0 atom stereocenters. The maximum atomic E-state index is 10.9. The van der Waals surface area contributed by atoms with E-state index in [2.05, 4.69) is 4.99 Å². The molecule has 50 valence electrons. The molecule has 0 amide bonds. The number of carbonyl (C=O) groups is 1. The zero-order valence-electron chi connectivity index (χ0n) is 5.22. The van der Waals surface area contributed by atoms with Crippen LogP contribution in [0.5, 0.6) is 0 Å². The van der Waals surface area contributed by atoms with Gasteiger partial charge in [-0.2, -0.15) is 0 Å². The van der Waals surface area contributed by atoms with Gasteiger partial charge in [-0.1, -0.05) is 11.6 Å². The lowest BCUT2D eigenvalue weighted by atomic mass is 10.3. The van der Waals surface area contributed by atoms with Gasteiger partial charge in [-0.15, -0.1) is 0 Å². The monoisotopic (exact) mass is 145 g/mol. The predicted molar refractivity (Wildman–Crippen MR) is 36.9 cm³/mol. The SMILES string of the molecule is CN=C(Cl)C(=O)C1CC1. The van der Waals surface area contributed by atoms with E-state index in [1.807, 2.05) is 0 Å². The van der Waals surface area contributed by atoms with Crippen molar-refractivity contribution in [2.75, 3.05) is 7.05 Å². The van der Waals surface area contributed by atoms with Crippen LogP contribution >= 0.6 is 11.6 Å². The summed E-state index contributed by atoms with van der Waals surface area (Å²) in [5, 5.41) is 0.150. The molecule has 2 nitrogen and oxygen atoms in total. The third-order valence-electron chi connectivity index (χ3n) is 1.35. The fraction of sp³-hybridized carbons (Fsp3) is 0.667. The molecule has 0 bridgehead atoms. The topological polar surface area (TPSA) is 29.4 Å². The lowest BCUT2D eigenvalue weighted by Gasteiger charge is -1.89. The summed E-state index contributed by atoms with van der Waals surface area (Å²) in [5.41, 5.74) is 0. The molecule has 0 spiro atoms. The van der Waals surface area contributed by atoms with Crippen LogP contribution < -0.4 is 0 Å². The number of ketones is 1. The van der Waals surface area contributed by atoms with E-state index in [0.717, 1.165) is 12.8 Å². The summed E-state index contributed by atoms with van der Waals surface area (Å²) in [5.74, 6) is 0.209. The molecule has 0 N–H and O–H groups in total. The van der Waals surface area contributed by atoms with Gasteiger partial charge in [-0.05, 0) is 12.8 Å². The maximum absolute atomic E-state index is 10.9. The Morgan fingerprint density at radius 2 is 2.22 bits per heavy atom. The fourth-order valence-electron chi connectivity index (χ4n) is 0.624. The maximum Gasteiger partial charge on any atom is 0.195 e. The summed E-state index contributed by atoms with van der Waals surface area (Å²) in [6.07, 6.45) is 1.98. The average molecular weight is 146 g/mol. The van der Waals surface area contributed by atoms with Crippen molar-refractivity contribution in [3.63, 3.8) is 0 Å². The van der Waals surface area contributed by atoms with Gasteiger partial charge in [0.1, 0.15) is 0 Å². The van der Waals surface area contributed by atoms with Crippen molar-refractivity contribution in [3.05, 3.63) is 0 Å². The molecule has 1 aliphatic rings. The molecule has 1 aliphatic carbocycles. The predicted octanol–water partition coefficient (Wildman–Crippen LogP) is 1.23. The van der Waals surface area contributed by atoms with E-state index in [1.54, 1.807) is 0 Å². The van der Waals surface area contributed by atoms with E-state index >= 15 is 0 Å². The van der Waals surface area contributed by atoms with Crippen LogP contribution in [0, 0.1) is 5.92 Å². The van der Waals surface area contributed by atoms with Gasteiger partial charge >= 0.3 is 0 Å². The first kappa shape index (κ1) is 6.75. The fourth-order valence-corrected chi connectivity index (χ4v) is 0.778. The Hall–Kier alpha value is -0.370. The highest BCUT2D eigenvalue weighted by Crippen LogP contribution is 2.30. The van der Waals surface area contributed by atoms with Crippen molar-refractivity contribution in [1.29, 1.82) is 0 Å². The molecule has 0 unspecified atom stereocenters. The highest BCUT2D eigenvalue weighted by Gasteiger charge is 2.31. The van der Waals surface area contributed by atoms with Crippen LogP contribution in [0.3, 0.4) is 0 Å². The molecule has 0 aromatic heterocycles. The first-order chi connectivity index (χ1) is 4.25. The van der Waals surface area contributed by atoms with E-state index < -0.39 is 0 Å². The minimum absolute atomic E-state index is 0.0131. The minimum Gasteiger partial charge on any atom is -0.291 e. The van der Waals surface area contributed by atoms with Crippen molar-refractivity contribution in [2.24, 2.45) is 10.9 Å². The number of aliphatic imine (C=N–C) groups is 1. The molecular formula is C6H8ClNO. The second-order valence-corrected chi connectivity index (χ2v) is 2.51. The van der Waals surface area contributed by atoms with E-state index in [9.17, 15) is 4.79 Å². The summed E-state index contributed by atoms with van der Waals surface area (Å²) in [7, 11) is 1.53. The van der Waals surface area contributed by atoms with E-state index in [4.69, 9.17) is 11.6 Å². The summed E-state index contributed by atoms with van der Waals surface area (Å²) in [4.78, 5) is 14.5. The summed E-state index contributed by atoms with van der Waals surface area (Å²) in [6, 6.07) is 0. The van der Waals surface area contributed by atoms with Crippen LogP contribution in [0.4, 0.5) is 0 Å².